The molecular weight excluding hydrogens is 394 g/mol. The molecule has 0 radical (unpaired) electrons. The minimum Gasteiger partial charge on any atom is -0.347 e. The van der Waals surface area contributed by atoms with Crippen LogP contribution in [0.25, 0.3) is 0 Å². The summed E-state index contributed by atoms with van der Waals surface area (Å²) < 4.78 is 4.55. The highest BCUT2D eigenvalue weighted by molar-refractivity contribution is 7.09. The Balaban J connectivity index is 1.21. The largest absolute Gasteiger partial charge is 0.347 e. The molecule has 6 nitrogen and oxygen atoms in total. The van der Waals surface area contributed by atoms with Gasteiger partial charge in [0, 0.05) is 43.3 Å². The Hall–Kier alpha value is -2.93. The fourth-order valence-electron chi connectivity index (χ4n) is 3.60. The molecule has 0 aliphatic carbocycles. The number of carbonyl (C=O) groups excluding carboxylic acids is 1. The minimum atomic E-state index is -0.145. The second-order valence-corrected chi connectivity index (χ2v) is 8.52. The first-order valence-electron chi connectivity index (χ1n) is 10.4. The molecule has 4 rings (SSSR count). The van der Waals surface area contributed by atoms with Gasteiger partial charge in [-0.2, -0.15) is 4.37 Å². The highest BCUT2D eigenvalue weighted by Gasteiger charge is 2.22. The van der Waals surface area contributed by atoms with E-state index >= 15 is 0 Å². The van der Waals surface area contributed by atoms with Crippen LogP contribution in [0.5, 0.6) is 0 Å². The van der Waals surface area contributed by atoms with Crippen molar-refractivity contribution in [2.24, 2.45) is 5.92 Å². The standard InChI is InChI=1S/C23H27N5OS/c1-17-7-9-18(10-8-17)15-21-26-23(30-27-21)28-13-11-19(12-14-28)16-24-22(29)25-20-5-3-2-4-6-20/h2-10,19H,11-16H2,1H3,(H2,24,25,29). The van der Waals surface area contributed by atoms with Gasteiger partial charge in [-0.05, 0) is 43.4 Å². The molecule has 0 unspecified atom stereocenters. The van der Waals surface area contributed by atoms with Crippen LogP contribution in [0.15, 0.2) is 54.6 Å². The summed E-state index contributed by atoms with van der Waals surface area (Å²) in [6, 6.07) is 17.9. The summed E-state index contributed by atoms with van der Waals surface area (Å²) in [5.41, 5.74) is 3.31. The lowest BCUT2D eigenvalue weighted by Gasteiger charge is -2.31. The van der Waals surface area contributed by atoms with Gasteiger partial charge in [-0.15, -0.1) is 0 Å². The Morgan fingerprint density at radius 3 is 2.57 bits per heavy atom. The molecule has 1 aromatic heterocycles. The van der Waals surface area contributed by atoms with E-state index in [2.05, 4.69) is 51.1 Å². The number of para-hydroxylation sites is 1. The van der Waals surface area contributed by atoms with E-state index in [-0.39, 0.29) is 6.03 Å². The van der Waals surface area contributed by atoms with E-state index in [1.165, 1.54) is 22.7 Å². The lowest BCUT2D eigenvalue weighted by molar-refractivity contribution is 0.248. The van der Waals surface area contributed by atoms with Gasteiger partial charge in [0.1, 0.15) is 5.82 Å². The van der Waals surface area contributed by atoms with Crippen molar-refractivity contribution in [2.75, 3.05) is 29.9 Å². The highest BCUT2D eigenvalue weighted by atomic mass is 32.1. The number of piperidine rings is 1. The highest BCUT2D eigenvalue weighted by Crippen LogP contribution is 2.25. The Bertz CT molecular complexity index is 949. The summed E-state index contributed by atoms with van der Waals surface area (Å²) in [5, 5.41) is 6.87. The zero-order valence-corrected chi connectivity index (χ0v) is 18.0. The maximum absolute atomic E-state index is 12.1. The van der Waals surface area contributed by atoms with Crippen LogP contribution in [0.2, 0.25) is 0 Å². The smallest absolute Gasteiger partial charge is 0.319 e. The van der Waals surface area contributed by atoms with Gasteiger partial charge < -0.3 is 15.5 Å². The number of urea groups is 1. The number of amides is 2. The van der Waals surface area contributed by atoms with Crippen LogP contribution < -0.4 is 15.5 Å². The molecule has 30 heavy (non-hydrogen) atoms. The van der Waals surface area contributed by atoms with E-state index in [0.717, 1.165) is 49.0 Å². The number of carbonyl (C=O) groups is 1. The van der Waals surface area contributed by atoms with Crippen molar-refractivity contribution in [1.82, 2.24) is 14.7 Å². The van der Waals surface area contributed by atoms with Crippen molar-refractivity contribution in [2.45, 2.75) is 26.2 Å². The third-order valence-electron chi connectivity index (χ3n) is 5.41. The Labute approximate surface area is 181 Å². The van der Waals surface area contributed by atoms with E-state index in [9.17, 15) is 4.79 Å². The quantitative estimate of drug-likeness (QED) is 0.616. The number of aromatic nitrogens is 2. The molecule has 7 heteroatoms. The molecule has 1 aliphatic heterocycles. The molecule has 3 aromatic rings. The zero-order chi connectivity index (χ0) is 20.8. The SMILES string of the molecule is Cc1ccc(Cc2nsc(N3CCC(CNC(=O)Nc4ccccc4)CC3)n2)cc1. The van der Waals surface area contributed by atoms with E-state index in [1.54, 1.807) is 0 Å². The zero-order valence-electron chi connectivity index (χ0n) is 17.2. The molecule has 2 amide bonds. The van der Waals surface area contributed by atoms with E-state index in [1.807, 2.05) is 30.3 Å². The van der Waals surface area contributed by atoms with Gasteiger partial charge in [0.2, 0.25) is 5.13 Å². The van der Waals surface area contributed by atoms with Gasteiger partial charge in [-0.3, -0.25) is 0 Å². The molecule has 1 fully saturated rings. The second kappa shape index (κ2) is 9.71. The number of nitrogens with zero attached hydrogens (tertiary/aromatic N) is 3. The number of rotatable bonds is 6. The molecule has 2 aromatic carbocycles. The average molecular weight is 422 g/mol. The molecule has 0 spiro atoms. The molecule has 1 saturated heterocycles. The Morgan fingerprint density at radius 2 is 1.83 bits per heavy atom. The van der Waals surface area contributed by atoms with Crippen LogP contribution in [0.4, 0.5) is 15.6 Å². The van der Waals surface area contributed by atoms with Gasteiger partial charge >= 0.3 is 6.03 Å². The fraction of sp³-hybridized carbons (Fsp3) is 0.348. The van der Waals surface area contributed by atoms with Crippen LogP contribution in [0.1, 0.15) is 29.8 Å². The Kier molecular flexibility index (Phi) is 6.59. The van der Waals surface area contributed by atoms with Crippen molar-refractivity contribution >= 4 is 28.4 Å². The molecule has 0 atom stereocenters. The number of benzene rings is 2. The summed E-state index contributed by atoms with van der Waals surface area (Å²) in [5.74, 6) is 1.38. The molecule has 2 N–H and O–H groups in total. The summed E-state index contributed by atoms with van der Waals surface area (Å²) >= 11 is 1.48. The number of aryl methyl sites for hydroxylation is 1. The first kappa shape index (κ1) is 20.3. The predicted octanol–water partition coefficient (Wildman–Crippen LogP) is 4.48. The molecule has 156 valence electrons. The van der Waals surface area contributed by atoms with Crippen molar-refractivity contribution in [1.29, 1.82) is 0 Å². The van der Waals surface area contributed by atoms with Crippen molar-refractivity contribution in [3.63, 3.8) is 0 Å². The summed E-state index contributed by atoms with van der Waals surface area (Å²) in [4.78, 5) is 19.1. The normalized spacial score (nSPS) is 14.5. The maximum Gasteiger partial charge on any atom is 0.319 e. The van der Waals surface area contributed by atoms with Gasteiger partial charge in [-0.1, -0.05) is 48.0 Å². The lowest BCUT2D eigenvalue weighted by Crippen LogP contribution is -2.39. The first-order valence-corrected chi connectivity index (χ1v) is 11.2. The third-order valence-corrected chi connectivity index (χ3v) is 6.22. The van der Waals surface area contributed by atoms with Crippen LogP contribution in [-0.4, -0.2) is 35.0 Å². The maximum atomic E-state index is 12.1. The molecular formula is C23H27N5OS. The molecule has 0 bridgehead atoms. The average Bonchev–Trinajstić information content (AvgIpc) is 3.23. The topological polar surface area (TPSA) is 70.2 Å². The van der Waals surface area contributed by atoms with E-state index < -0.39 is 0 Å². The number of nitrogens with one attached hydrogen (secondary N) is 2. The molecule has 0 saturated carbocycles. The van der Waals surface area contributed by atoms with E-state index in [4.69, 9.17) is 4.98 Å². The van der Waals surface area contributed by atoms with Gasteiger partial charge in [0.25, 0.3) is 0 Å². The monoisotopic (exact) mass is 421 g/mol. The van der Waals surface area contributed by atoms with Crippen molar-refractivity contribution < 1.29 is 4.79 Å². The number of hydrogen-bond acceptors (Lipinski definition) is 5. The molecule has 1 aliphatic rings. The van der Waals surface area contributed by atoms with Crippen LogP contribution >= 0.6 is 11.5 Å². The van der Waals surface area contributed by atoms with Crippen LogP contribution in [0.3, 0.4) is 0 Å². The molecule has 2 heterocycles. The number of anilines is 2. The third kappa shape index (κ3) is 5.57. The lowest BCUT2D eigenvalue weighted by atomic mass is 9.97. The van der Waals surface area contributed by atoms with Gasteiger partial charge in [-0.25, -0.2) is 9.78 Å². The minimum absolute atomic E-state index is 0.145. The summed E-state index contributed by atoms with van der Waals surface area (Å²) in [6.07, 6.45) is 2.85. The second-order valence-electron chi connectivity index (χ2n) is 7.79. The van der Waals surface area contributed by atoms with Crippen LogP contribution in [-0.2, 0) is 6.42 Å². The van der Waals surface area contributed by atoms with Gasteiger partial charge in [0.05, 0.1) is 0 Å². The fourth-order valence-corrected chi connectivity index (χ4v) is 4.33. The van der Waals surface area contributed by atoms with E-state index in [0.29, 0.717) is 12.5 Å². The first-order chi connectivity index (χ1) is 14.7. The summed E-state index contributed by atoms with van der Waals surface area (Å²) in [7, 11) is 0. The van der Waals surface area contributed by atoms with Crippen molar-refractivity contribution in [3.05, 3.63) is 71.5 Å². The predicted molar refractivity (Wildman–Crippen MR) is 122 cm³/mol. The van der Waals surface area contributed by atoms with Crippen LogP contribution in [0, 0.1) is 12.8 Å². The number of hydrogen-bond donors (Lipinski definition) is 2. The Morgan fingerprint density at radius 1 is 1.10 bits per heavy atom. The van der Waals surface area contributed by atoms with Crippen molar-refractivity contribution in [3.8, 4) is 0 Å². The summed E-state index contributed by atoms with van der Waals surface area (Å²) in [6.45, 7) is 4.69. The van der Waals surface area contributed by atoms with Gasteiger partial charge in [0.15, 0.2) is 0 Å².